The lowest BCUT2D eigenvalue weighted by molar-refractivity contribution is -0.389. The fourth-order valence-electron chi connectivity index (χ4n) is 1.35. The van der Waals surface area contributed by atoms with Crippen LogP contribution in [0.15, 0.2) is 6.20 Å². The van der Waals surface area contributed by atoms with Crippen LogP contribution >= 0.6 is 0 Å². The number of nitro groups is 1. The largest absolute Gasteiger partial charge is 0.440 e. The smallest absolute Gasteiger partial charge is 0.414 e. The van der Waals surface area contributed by atoms with E-state index in [0.29, 0.717) is 13.0 Å². The van der Waals surface area contributed by atoms with Gasteiger partial charge < -0.3 is 20.0 Å². The van der Waals surface area contributed by atoms with Gasteiger partial charge in [-0.1, -0.05) is 0 Å². The summed E-state index contributed by atoms with van der Waals surface area (Å²) in [7, 11) is 0. The number of aliphatic hydroxyl groups is 1. The minimum atomic E-state index is -0.567. The maximum atomic E-state index is 10.4. The molecular weight excluding hydrogens is 190 g/mol. The molecule has 1 aromatic heterocycles. The fraction of sp³-hybridized carbons (Fsp3) is 0.571. The Morgan fingerprint density at radius 3 is 3.29 bits per heavy atom. The molecule has 0 saturated heterocycles. The zero-order valence-electron chi connectivity index (χ0n) is 7.29. The molecule has 1 aromatic rings. The van der Waals surface area contributed by atoms with E-state index >= 15 is 0 Å². The van der Waals surface area contributed by atoms with Gasteiger partial charge in [-0.3, -0.25) is 4.57 Å². The SMILES string of the molecule is O=[N+]([O-])c1cn2c(n1)O[C@H](CO)CC2. The standard InChI is InChI=1S/C7H9N3O4/c11-4-5-1-2-9-3-6(10(12)13)8-7(9)14-5/h3,5,11H,1-2,4H2/t5-/m0/s1. The molecular formula is C7H9N3O4. The van der Waals surface area contributed by atoms with E-state index in [1.54, 1.807) is 4.57 Å². The number of nitrogens with zero attached hydrogens (tertiary/aromatic N) is 3. The minimum absolute atomic E-state index is 0.0966. The zero-order chi connectivity index (χ0) is 10.1. The van der Waals surface area contributed by atoms with E-state index < -0.39 is 4.92 Å². The quantitative estimate of drug-likeness (QED) is 0.532. The molecule has 2 heterocycles. The average molecular weight is 199 g/mol. The van der Waals surface area contributed by atoms with Crippen molar-refractivity contribution in [1.82, 2.24) is 9.55 Å². The summed E-state index contributed by atoms with van der Waals surface area (Å²) in [6, 6.07) is 0.210. The van der Waals surface area contributed by atoms with Gasteiger partial charge in [-0.05, 0) is 4.92 Å². The third-order valence-corrected chi connectivity index (χ3v) is 2.08. The van der Waals surface area contributed by atoms with Gasteiger partial charge in [-0.25, -0.2) is 0 Å². The predicted octanol–water partition coefficient (Wildman–Crippen LogP) is -0.0653. The first-order chi connectivity index (χ1) is 6.70. The summed E-state index contributed by atoms with van der Waals surface area (Å²) >= 11 is 0. The molecule has 0 amide bonds. The highest BCUT2D eigenvalue weighted by molar-refractivity contribution is 5.21. The highest BCUT2D eigenvalue weighted by Crippen LogP contribution is 2.23. The van der Waals surface area contributed by atoms with Crippen LogP contribution < -0.4 is 4.74 Å². The van der Waals surface area contributed by atoms with E-state index in [1.807, 2.05) is 0 Å². The van der Waals surface area contributed by atoms with Gasteiger partial charge >= 0.3 is 11.8 Å². The topological polar surface area (TPSA) is 90.4 Å². The second-order valence-electron chi connectivity index (χ2n) is 3.04. The van der Waals surface area contributed by atoms with Crippen molar-refractivity contribution in [2.75, 3.05) is 6.61 Å². The molecule has 1 N–H and O–H groups in total. The average Bonchev–Trinajstić information content (AvgIpc) is 2.59. The number of aliphatic hydroxyl groups excluding tert-OH is 1. The van der Waals surface area contributed by atoms with E-state index in [0.717, 1.165) is 0 Å². The Hall–Kier alpha value is -1.63. The molecule has 2 rings (SSSR count). The first-order valence-corrected chi connectivity index (χ1v) is 4.20. The molecule has 1 atom stereocenters. The Morgan fingerprint density at radius 2 is 2.64 bits per heavy atom. The summed E-state index contributed by atoms with van der Waals surface area (Å²) in [5.74, 6) is -0.224. The van der Waals surface area contributed by atoms with Crippen molar-refractivity contribution in [2.45, 2.75) is 19.1 Å². The molecule has 7 heteroatoms. The molecule has 0 saturated carbocycles. The number of rotatable bonds is 2. The Balaban J connectivity index is 2.25. The summed E-state index contributed by atoms with van der Waals surface area (Å²) in [6.07, 6.45) is 1.67. The van der Waals surface area contributed by atoms with Gasteiger partial charge in [0.2, 0.25) is 0 Å². The lowest BCUT2D eigenvalue weighted by Gasteiger charge is -2.19. The Morgan fingerprint density at radius 1 is 1.86 bits per heavy atom. The summed E-state index contributed by atoms with van der Waals surface area (Å²) in [4.78, 5) is 13.5. The maximum absolute atomic E-state index is 10.4. The number of hydrogen-bond acceptors (Lipinski definition) is 5. The second-order valence-corrected chi connectivity index (χ2v) is 3.04. The Kier molecular flexibility index (Phi) is 2.08. The van der Waals surface area contributed by atoms with Crippen molar-refractivity contribution in [3.63, 3.8) is 0 Å². The molecule has 0 fully saturated rings. The van der Waals surface area contributed by atoms with E-state index in [-0.39, 0.29) is 24.5 Å². The zero-order valence-corrected chi connectivity index (χ0v) is 7.29. The van der Waals surface area contributed by atoms with Crippen molar-refractivity contribution in [2.24, 2.45) is 0 Å². The van der Waals surface area contributed by atoms with Gasteiger partial charge in [0.25, 0.3) is 0 Å². The highest BCUT2D eigenvalue weighted by atomic mass is 16.6. The first kappa shape index (κ1) is 8.95. The fourth-order valence-corrected chi connectivity index (χ4v) is 1.35. The second kappa shape index (κ2) is 3.26. The van der Waals surface area contributed by atoms with Crippen molar-refractivity contribution in [3.8, 4) is 6.01 Å². The van der Waals surface area contributed by atoms with Gasteiger partial charge in [0, 0.05) is 17.9 Å². The summed E-state index contributed by atoms with van der Waals surface area (Å²) in [6.45, 7) is 0.488. The van der Waals surface area contributed by atoms with Crippen LogP contribution in [0.5, 0.6) is 6.01 Å². The molecule has 7 nitrogen and oxygen atoms in total. The molecule has 0 spiro atoms. The molecule has 0 radical (unpaired) electrons. The monoisotopic (exact) mass is 199 g/mol. The van der Waals surface area contributed by atoms with E-state index in [4.69, 9.17) is 9.84 Å². The Bertz CT molecular complexity index is 362. The molecule has 0 aliphatic carbocycles. The number of hydrogen-bond donors (Lipinski definition) is 1. The molecule has 1 aliphatic heterocycles. The Labute approximate surface area is 79.1 Å². The van der Waals surface area contributed by atoms with Gasteiger partial charge in [0.1, 0.15) is 12.3 Å². The van der Waals surface area contributed by atoms with Crippen molar-refractivity contribution in [1.29, 1.82) is 0 Å². The number of aromatic nitrogens is 2. The minimum Gasteiger partial charge on any atom is -0.440 e. The van der Waals surface area contributed by atoms with Crippen molar-refractivity contribution >= 4 is 5.82 Å². The summed E-state index contributed by atoms with van der Waals surface area (Å²) in [5.41, 5.74) is 0. The van der Waals surface area contributed by atoms with Crippen LogP contribution in [0.4, 0.5) is 5.82 Å². The van der Waals surface area contributed by atoms with E-state index in [2.05, 4.69) is 4.98 Å². The normalized spacial score (nSPS) is 19.9. The van der Waals surface area contributed by atoms with Crippen molar-refractivity contribution in [3.05, 3.63) is 16.3 Å². The van der Waals surface area contributed by atoms with Gasteiger partial charge in [0.15, 0.2) is 0 Å². The molecule has 76 valence electrons. The predicted molar refractivity (Wildman–Crippen MR) is 45.0 cm³/mol. The molecule has 0 aromatic carbocycles. The first-order valence-electron chi connectivity index (χ1n) is 4.20. The number of ether oxygens (including phenoxy) is 1. The summed E-state index contributed by atoms with van der Waals surface area (Å²) in [5, 5.41) is 19.2. The lowest BCUT2D eigenvalue weighted by atomic mass is 10.2. The third-order valence-electron chi connectivity index (χ3n) is 2.08. The van der Waals surface area contributed by atoms with Crippen LogP contribution in [0.3, 0.4) is 0 Å². The van der Waals surface area contributed by atoms with Crippen LogP contribution in [0.25, 0.3) is 0 Å². The van der Waals surface area contributed by atoms with Crippen LogP contribution in [-0.4, -0.2) is 32.3 Å². The van der Waals surface area contributed by atoms with Crippen molar-refractivity contribution < 1.29 is 14.8 Å². The number of imidazole rings is 1. The number of aryl methyl sites for hydroxylation is 1. The lowest BCUT2D eigenvalue weighted by Crippen LogP contribution is -2.28. The highest BCUT2D eigenvalue weighted by Gasteiger charge is 2.27. The van der Waals surface area contributed by atoms with Crippen LogP contribution in [0.2, 0.25) is 0 Å². The number of fused-ring (bicyclic) bond motifs is 1. The maximum Gasteiger partial charge on any atom is 0.414 e. The van der Waals surface area contributed by atoms with Crippen LogP contribution in [0.1, 0.15) is 6.42 Å². The third kappa shape index (κ3) is 1.41. The molecule has 14 heavy (non-hydrogen) atoms. The van der Waals surface area contributed by atoms with E-state index in [9.17, 15) is 10.1 Å². The van der Waals surface area contributed by atoms with Crippen LogP contribution in [0, 0.1) is 10.1 Å². The van der Waals surface area contributed by atoms with Gasteiger partial charge in [0.05, 0.1) is 6.61 Å². The van der Waals surface area contributed by atoms with Gasteiger partial charge in [-0.15, -0.1) is 0 Å². The van der Waals surface area contributed by atoms with Crippen LogP contribution in [-0.2, 0) is 6.54 Å². The van der Waals surface area contributed by atoms with E-state index in [1.165, 1.54) is 6.20 Å². The molecule has 0 unspecified atom stereocenters. The van der Waals surface area contributed by atoms with Gasteiger partial charge in [-0.2, -0.15) is 0 Å². The molecule has 0 bridgehead atoms. The molecule has 1 aliphatic rings. The summed E-state index contributed by atoms with van der Waals surface area (Å²) < 4.78 is 6.78.